The molecule has 5 heterocycles. The molecule has 1 fully saturated rings. The summed E-state index contributed by atoms with van der Waals surface area (Å²) in [5, 5.41) is 26.7. The number of aliphatic hydroxyl groups is 1. The van der Waals surface area contributed by atoms with Crippen molar-refractivity contribution in [1.29, 1.82) is 0 Å². The molecular weight excluding hydrogens is 647 g/mol. The minimum absolute atomic E-state index is 0.0315. The standard InChI is InChI=1S/C36H38Cl2N8O2/c1-22(47)39-13-14-40-29-9-4-15-46-32(29)18-31(44-46)28-7-2-5-26(33(28)37)27-6-3-8-30(34(27)38)43-36-35-24(10-12-41-36)17-23(19-42-35)20-45-16-11-25(48)21-45/h2-3,5-8,10,12,17-19,25,29,40,48H,4,9,11,13-16,20-21H2,1H3,(H,39,47)(H,41,43)/t25-,29?/m1/s1. The van der Waals surface area contributed by atoms with Crippen molar-refractivity contribution in [2.24, 2.45) is 0 Å². The third-order valence-electron chi connectivity index (χ3n) is 9.05. The number of fused-ring (bicyclic) bond motifs is 2. The third kappa shape index (κ3) is 6.90. The number of nitrogens with zero attached hydrogens (tertiary/aromatic N) is 5. The lowest BCUT2D eigenvalue weighted by Crippen LogP contribution is -2.34. The first-order valence-corrected chi connectivity index (χ1v) is 17.1. The van der Waals surface area contributed by atoms with Crippen LogP contribution in [0.4, 0.5) is 11.5 Å². The molecule has 4 N–H and O–H groups in total. The number of halogens is 2. The molecule has 0 bridgehead atoms. The summed E-state index contributed by atoms with van der Waals surface area (Å²) in [6, 6.07) is 18.1. The number of carbonyl (C=O) groups excluding carboxylic acids is 1. The second-order valence-corrected chi connectivity index (χ2v) is 13.3. The number of rotatable bonds is 10. The molecule has 2 aliphatic rings. The van der Waals surface area contributed by atoms with Crippen molar-refractivity contribution in [1.82, 2.24) is 35.3 Å². The topological polar surface area (TPSA) is 120 Å². The number of benzene rings is 2. The Balaban J connectivity index is 1.13. The smallest absolute Gasteiger partial charge is 0.216 e. The first-order valence-electron chi connectivity index (χ1n) is 16.4. The van der Waals surface area contributed by atoms with Crippen molar-refractivity contribution in [3.8, 4) is 22.4 Å². The van der Waals surface area contributed by atoms with Gasteiger partial charge >= 0.3 is 0 Å². The third-order valence-corrected chi connectivity index (χ3v) is 9.86. The van der Waals surface area contributed by atoms with E-state index in [0.29, 0.717) is 41.2 Å². The van der Waals surface area contributed by atoms with E-state index < -0.39 is 0 Å². The summed E-state index contributed by atoms with van der Waals surface area (Å²) in [4.78, 5) is 22.9. The van der Waals surface area contributed by atoms with Crippen molar-refractivity contribution in [2.45, 2.75) is 51.4 Å². The zero-order valence-electron chi connectivity index (χ0n) is 26.7. The number of aliphatic hydroxyl groups excluding tert-OH is 1. The molecule has 12 heteroatoms. The summed E-state index contributed by atoms with van der Waals surface area (Å²) in [6.07, 6.45) is 6.21. The van der Waals surface area contributed by atoms with Gasteiger partial charge in [-0.15, -0.1) is 0 Å². The first kappa shape index (κ1) is 32.5. The lowest BCUT2D eigenvalue weighted by atomic mass is 9.99. The minimum Gasteiger partial charge on any atom is -0.392 e. The van der Waals surface area contributed by atoms with Gasteiger partial charge in [0.2, 0.25) is 5.91 Å². The van der Waals surface area contributed by atoms with Crippen LogP contribution in [0.5, 0.6) is 0 Å². The maximum Gasteiger partial charge on any atom is 0.216 e. The number of carbonyl (C=O) groups is 1. The molecule has 2 aliphatic heterocycles. The number of pyridine rings is 2. The highest BCUT2D eigenvalue weighted by atomic mass is 35.5. The van der Waals surface area contributed by atoms with Crippen molar-refractivity contribution < 1.29 is 9.90 Å². The molecule has 5 aromatic rings. The van der Waals surface area contributed by atoms with Gasteiger partial charge in [0.25, 0.3) is 0 Å². The summed E-state index contributed by atoms with van der Waals surface area (Å²) < 4.78 is 2.06. The zero-order valence-corrected chi connectivity index (χ0v) is 28.2. The lowest BCUT2D eigenvalue weighted by Gasteiger charge is -2.24. The maximum atomic E-state index is 11.3. The van der Waals surface area contributed by atoms with Gasteiger partial charge in [-0.2, -0.15) is 5.10 Å². The van der Waals surface area contributed by atoms with E-state index in [0.717, 1.165) is 83.4 Å². The Morgan fingerprint density at radius 3 is 2.60 bits per heavy atom. The Hall–Kier alpha value is -4.06. The van der Waals surface area contributed by atoms with E-state index in [2.05, 4.69) is 42.6 Å². The summed E-state index contributed by atoms with van der Waals surface area (Å²) in [6.45, 7) is 5.95. The average molecular weight is 686 g/mol. The summed E-state index contributed by atoms with van der Waals surface area (Å²) in [5.74, 6) is 0.578. The Labute approximate surface area is 289 Å². The summed E-state index contributed by atoms with van der Waals surface area (Å²) in [5.41, 5.74) is 6.89. The SMILES string of the molecule is CC(=O)NCCNC1CCCn2nc(-c3cccc(-c4cccc(Nc5nccc6cc(CN7CC[C@@H](O)C7)cnc56)c4Cl)c3Cl)cc21. The number of hydrogen-bond acceptors (Lipinski definition) is 8. The van der Waals surface area contributed by atoms with Gasteiger partial charge in [-0.25, -0.2) is 4.98 Å². The highest BCUT2D eigenvalue weighted by Crippen LogP contribution is 2.42. The minimum atomic E-state index is -0.253. The van der Waals surface area contributed by atoms with Gasteiger partial charge in [0.1, 0.15) is 5.52 Å². The van der Waals surface area contributed by atoms with Crippen LogP contribution in [-0.2, 0) is 17.9 Å². The van der Waals surface area contributed by atoms with Crippen LogP contribution in [-0.4, -0.2) is 67.9 Å². The quantitative estimate of drug-likeness (QED) is 0.126. The van der Waals surface area contributed by atoms with E-state index in [1.54, 1.807) is 6.20 Å². The van der Waals surface area contributed by atoms with Crippen molar-refractivity contribution in [2.75, 3.05) is 31.5 Å². The van der Waals surface area contributed by atoms with Crippen LogP contribution in [0.3, 0.4) is 0 Å². The van der Waals surface area contributed by atoms with Gasteiger partial charge in [0, 0.05) is 86.7 Å². The van der Waals surface area contributed by atoms with E-state index in [1.807, 2.05) is 48.7 Å². The maximum absolute atomic E-state index is 11.3. The van der Waals surface area contributed by atoms with Crippen molar-refractivity contribution in [3.05, 3.63) is 88.3 Å². The Bertz CT molecular complexity index is 1960. The highest BCUT2D eigenvalue weighted by molar-refractivity contribution is 6.39. The van der Waals surface area contributed by atoms with Crippen LogP contribution >= 0.6 is 23.2 Å². The normalized spacial score (nSPS) is 17.8. The molecule has 0 saturated carbocycles. The number of amides is 1. The van der Waals surface area contributed by atoms with Gasteiger partial charge in [-0.1, -0.05) is 53.5 Å². The average Bonchev–Trinajstić information content (AvgIpc) is 3.70. The molecule has 0 spiro atoms. The van der Waals surface area contributed by atoms with Crippen LogP contribution < -0.4 is 16.0 Å². The number of hydrogen-bond donors (Lipinski definition) is 4. The molecule has 10 nitrogen and oxygen atoms in total. The van der Waals surface area contributed by atoms with E-state index in [1.165, 1.54) is 6.92 Å². The zero-order chi connectivity index (χ0) is 33.2. The van der Waals surface area contributed by atoms with Gasteiger partial charge < -0.3 is 21.1 Å². The van der Waals surface area contributed by atoms with Crippen LogP contribution in [0.25, 0.3) is 33.3 Å². The van der Waals surface area contributed by atoms with E-state index in [-0.39, 0.29) is 18.1 Å². The highest BCUT2D eigenvalue weighted by Gasteiger charge is 2.25. The van der Waals surface area contributed by atoms with Crippen LogP contribution in [0, 0.1) is 0 Å². The predicted molar refractivity (Wildman–Crippen MR) is 191 cm³/mol. The molecule has 3 aromatic heterocycles. The fourth-order valence-corrected chi connectivity index (χ4v) is 7.31. The number of likely N-dealkylation sites (tertiary alicyclic amines) is 1. The molecular formula is C36H38Cl2N8O2. The number of aromatic nitrogens is 4. The molecule has 2 aromatic carbocycles. The van der Waals surface area contributed by atoms with Gasteiger partial charge in [0.05, 0.1) is 33.2 Å². The lowest BCUT2D eigenvalue weighted by molar-refractivity contribution is -0.118. The fourth-order valence-electron chi connectivity index (χ4n) is 6.71. The Kier molecular flexibility index (Phi) is 9.61. The fraction of sp³-hybridized carbons (Fsp3) is 0.333. The Morgan fingerprint density at radius 1 is 0.979 bits per heavy atom. The molecule has 48 heavy (non-hydrogen) atoms. The molecule has 248 valence electrons. The van der Waals surface area contributed by atoms with E-state index in [9.17, 15) is 9.90 Å². The molecule has 0 aliphatic carbocycles. The molecule has 2 atom stereocenters. The summed E-state index contributed by atoms with van der Waals surface area (Å²) in [7, 11) is 0. The predicted octanol–water partition coefficient (Wildman–Crippen LogP) is 6.34. The van der Waals surface area contributed by atoms with Crippen LogP contribution in [0.15, 0.2) is 67.0 Å². The molecule has 0 radical (unpaired) electrons. The van der Waals surface area contributed by atoms with Gasteiger partial charge in [-0.3, -0.25) is 19.4 Å². The Morgan fingerprint density at radius 2 is 1.79 bits per heavy atom. The van der Waals surface area contributed by atoms with Crippen molar-refractivity contribution in [3.63, 3.8) is 0 Å². The van der Waals surface area contributed by atoms with Crippen LogP contribution in [0.1, 0.15) is 43.5 Å². The number of nitrogens with one attached hydrogen (secondary N) is 3. The van der Waals surface area contributed by atoms with Crippen molar-refractivity contribution >= 4 is 51.5 Å². The number of anilines is 2. The van der Waals surface area contributed by atoms with Crippen LogP contribution in [0.2, 0.25) is 10.0 Å². The second kappa shape index (κ2) is 14.2. The van der Waals surface area contributed by atoms with Gasteiger partial charge in [-0.05, 0) is 49.1 Å². The van der Waals surface area contributed by atoms with Gasteiger partial charge in [0.15, 0.2) is 5.82 Å². The van der Waals surface area contributed by atoms with E-state index in [4.69, 9.17) is 33.3 Å². The molecule has 1 unspecified atom stereocenters. The number of aryl methyl sites for hydroxylation is 1. The monoisotopic (exact) mass is 684 g/mol. The van der Waals surface area contributed by atoms with E-state index >= 15 is 0 Å². The largest absolute Gasteiger partial charge is 0.392 e. The second-order valence-electron chi connectivity index (χ2n) is 12.5. The molecule has 7 rings (SSSR count). The molecule has 1 saturated heterocycles. The molecule has 1 amide bonds. The number of β-amino-alcohol motifs (C(OH)–C–C–N with tert-alkyl or cyclic N) is 1. The first-order chi connectivity index (χ1) is 23.3. The summed E-state index contributed by atoms with van der Waals surface area (Å²) >= 11 is 14.2.